The molecule has 6 heteroatoms. The van der Waals surface area contributed by atoms with Crippen LogP contribution in [0.15, 0.2) is 182 Å². The van der Waals surface area contributed by atoms with Gasteiger partial charge in [-0.2, -0.15) is 12.1 Å². The van der Waals surface area contributed by atoms with Crippen LogP contribution in [0.3, 0.4) is 0 Å². The van der Waals surface area contributed by atoms with E-state index in [4.69, 9.17) is 14.3 Å². The van der Waals surface area contributed by atoms with Crippen molar-refractivity contribution in [1.29, 1.82) is 0 Å². The maximum Gasteiger partial charge on any atom is 0.135 e. The number of hydrogen-bond donors (Lipinski definition) is 0. The predicted molar refractivity (Wildman–Crippen MR) is 301 cm³/mol. The summed E-state index contributed by atoms with van der Waals surface area (Å²) in [6.45, 7) is 19.9. The first-order chi connectivity index (χ1) is 37.3. The Bertz CT molecular complexity index is 4020. The van der Waals surface area contributed by atoms with Gasteiger partial charge in [0.2, 0.25) is 0 Å². The number of ether oxygens (including phenoxy) is 1. The summed E-state index contributed by atoms with van der Waals surface area (Å²) in [7, 11) is 0. The summed E-state index contributed by atoms with van der Waals surface area (Å²) in [4.78, 5) is 8.93. The molecule has 8 aromatic carbocycles. The first kappa shape index (κ1) is 41.3. The second-order valence-electron chi connectivity index (χ2n) is 21.8. The summed E-state index contributed by atoms with van der Waals surface area (Å²) in [5, 5.41) is 0.726. The molecule has 0 radical (unpaired) electrons. The Morgan fingerprint density at radius 3 is 1.86 bits per heavy atom. The van der Waals surface area contributed by atoms with Crippen molar-refractivity contribution in [2.75, 3.05) is 9.80 Å². The van der Waals surface area contributed by atoms with Gasteiger partial charge in [0.15, 0.2) is 0 Å². The Balaban J connectivity index is 0.00000720. The Morgan fingerprint density at radius 1 is 0.548 bits per heavy atom. The minimum Gasteiger partial charge on any atom is -0.509 e. The summed E-state index contributed by atoms with van der Waals surface area (Å²) in [5.41, 5.74) is 14.4. The van der Waals surface area contributed by atoms with Gasteiger partial charge in [-0.1, -0.05) is 171 Å². The molecule has 0 unspecified atom stereocenters. The number of aryl methyl sites for hydroxylation is 1. The maximum atomic E-state index is 9.00. The summed E-state index contributed by atoms with van der Waals surface area (Å²) in [6, 6.07) is 57.4. The van der Waals surface area contributed by atoms with E-state index < -0.39 is 12.9 Å². The molecule has 2 aromatic heterocycles. The van der Waals surface area contributed by atoms with Gasteiger partial charge in [0, 0.05) is 76.6 Å². The van der Waals surface area contributed by atoms with Crippen molar-refractivity contribution in [3.63, 3.8) is 0 Å². The maximum absolute atomic E-state index is 9.00. The molecule has 0 spiro atoms. The first-order valence-corrected chi connectivity index (χ1v) is 24.5. The fourth-order valence-electron chi connectivity index (χ4n) is 9.61. The quantitative estimate of drug-likeness (QED) is 0.142. The number of pyridine rings is 1. The van der Waals surface area contributed by atoms with E-state index in [1.807, 2.05) is 24.3 Å². The van der Waals surface area contributed by atoms with E-state index in [9.17, 15) is 0 Å². The van der Waals surface area contributed by atoms with Gasteiger partial charge in [-0.05, 0) is 115 Å². The summed E-state index contributed by atoms with van der Waals surface area (Å²) >= 11 is 0. The number of nitrogens with zero attached hydrogens (tertiary/aromatic N) is 4. The van der Waals surface area contributed by atoms with Crippen LogP contribution in [-0.2, 0) is 37.3 Å². The zero-order valence-corrected chi connectivity index (χ0v) is 44.9. The molecule has 10 aromatic rings. The molecule has 0 N–H and O–H groups in total. The Hall–Kier alpha value is -7.20. The van der Waals surface area contributed by atoms with Gasteiger partial charge in [0.1, 0.15) is 5.82 Å². The van der Waals surface area contributed by atoms with Crippen molar-refractivity contribution in [2.45, 2.75) is 85.4 Å². The van der Waals surface area contributed by atoms with Crippen molar-refractivity contribution in [3.8, 4) is 50.7 Å². The minimum absolute atomic E-state index is 0. The fraction of sp³-hybridized carbons (Fsp3) is 0.194. The molecule has 0 fully saturated rings. The number of fused-ring (bicyclic) bond motifs is 4. The normalized spacial score (nSPS) is 14.4. The molecule has 0 amide bonds. The zero-order chi connectivity index (χ0) is 56.1. The van der Waals surface area contributed by atoms with E-state index in [0.29, 0.717) is 22.3 Å². The van der Waals surface area contributed by atoms with Crippen LogP contribution < -0.4 is 14.5 Å². The third kappa shape index (κ3) is 9.52. The second kappa shape index (κ2) is 19.0. The van der Waals surface area contributed by atoms with E-state index in [1.165, 1.54) is 45.2 Å². The molecule has 0 saturated carbocycles. The standard InChI is InChI=1S/C67H61N4O.Pt/c1-44-35-36-68-63(37-44)71-59-22-12-11-21-55(59)56-34-33-54(42-62(56)71)72-53-20-16-19-52(41-53)69-43-70(61-24-14-13-23-60(61)69)64-57(46-27-25-45(26-28-46)48-17-15-18-50(38-48)66(5,6)7)39-51(67(8,9)10)40-58(64)47-29-31-49(32-30-47)65(2,3)4;/h11-40,43H,1-10H3;/q-3;/i1D3,11D,12D,21D,22D;. The summed E-state index contributed by atoms with van der Waals surface area (Å²) in [6.07, 6.45) is 1.38. The fourth-order valence-corrected chi connectivity index (χ4v) is 9.61. The molecule has 0 atom stereocenters. The average molecular weight is 1140 g/mol. The third-order valence-corrected chi connectivity index (χ3v) is 13.7. The van der Waals surface area contributed by atoms with Crippen LogP contribution in [0.25, 0.3) is 61.0 Å². The SMILES string of the molecule is [2H]c1c([2H])c([2H])c2c(c1[2H])c1ccc(Oc3[c-]c(N4[CH-]N(c5c(-c6ccc(-c7cccc(C(C)(C)C)c7)cc6)cc(C(C)(C)C)cc5-c5ccc(C(C)(C)C)cc5)c5ccccc54)ccc3)[c-]c1n2-c1cc(C([2H])([2H])[2H])ccn1.[Pt]. The van der Waals surface area contributed by atoms with Crippen LogP contribution in [-0.4, -0.2) is 9.55 Å². The van der Waals surface area contributed by atoms with Gasteiger partial charge in [-0.3, -0.25) is 0 Å². The molecule has 11 rings (SSSR count). The second-order valence-corrected chi connectivity index (χ2v) is 21.8. The van der Waals surface area contributed by atoms with Gasteiger partial charge in [0.05, 0.1) is 5.48 Å². The molecule has 1 aliphatic heterocycles. The first-order valence-electron chi connectivity index (χ1n) is 28.0. The molecular formula is C67H61N4OPt-3. The van der Waals surface area contributed by atoms with Crippen molar-refractivity contribution in [2.24, 2.45) is 0 Å². The monoisotopic (exact) mass is 1140 g/mol. The van der Waals surface area contributed by atoms with E-state index in [1.54, 1.807) is 12.1 Å². The summed E-state index contributed by atoms with van der Waals surface area (Å²) in [5.74, 6) is 0.821. The van der Waals surface area contributed by atoms with E-state index in [-0.39, 0.29) is 83.5 Å². The number of para-hydroxylation sites is 3. The predicted octanol–water partition coefficient (Wildman–Crippen LogP) is 18.2. The van der Waals surface area contributed by atoms with Crippen molar-refractivity contribution in [1.82, 2.24) is 9.55 Å². The Kier molecular flexibility index (Phi) is 10.8. The molecule has 73 heavy (non-hydrogen) atoms. The van der Waals surface area contributed by atoms with Crippen LogP contribution in [0.5, 0.6) is 11.5 Å². The third-order valence-electron chi connectivity index (χ3n) is 13.7. The van der Waals surface area contributed by atoms with E-state index in [0.717, 1.165) is 44.9 Å². The van der Waals surface area contributed by atoms with Crippen LogP contribution in [0.4, 0.5) is 22.7 Å². The molecule has 0 aliphatic carbocycles. The average Bonchev–Trinajstić information content (AvgIpc) is 3.98. The van der Waals surface area contributed by atoms with Crippen molar-refractivity contribution >= 4 is 44.6 Å². The number of rotatable bonds is 8. The van der Waals surface area contributed by atoms with Crippen LogP contribution in [0.2, 0.25) is 0 Å². The molecule has 3 heterocycles. The van der Waals surface area contributed by atoms with E-state index in [2.05, 4.69) is 199 Å². The van der Waals surface area contributed by atoms with Crippen LogP contribution in [0, 0.1) is 25.7 Å². The van der Waals surface area contributed by atoms with Gasteiger partial charge in [0.25, 0.3) is 0 Å². The number of hydrogen-bond acceptors (Lipinski definition) is 4. The van der Waals surface area contributed by atoms with Crippen LogP contribution in [0.1, 0.15) is 94.2 Å². The molecule has 1 aliphatic rings. The molecule has 368 valence electrons. The van der Waals surface area contributed by atoms with E-state index >= 15 is 0 Å². The zero-order valence-electron chi connectivity index (χ0n) is 49.6. The van der Waals surface area contributed by atoms with Gasteiger partial charge >= 0.3 is 0 Å². The van der Waals surface area contributed by atoms with Crippen molar-refractivity contribution in [3.05, 3.63) is 223 Å². The van der Waals surface area contributed by atoms with Crippen molar-refractivity contribution < 1.29 is 35.4 Å². The molecule has 0 bridgehead atoms. The smallest absolute Gasteiger partial charge is 0.135 e. The number of benzene rings is 8. The summed E-state index contributed by atoms with van der Waals surface area (Å²) < 4.78 is 67.5. The molecule has 0 saturated heterocycles. The van der Waals surface area contributed by atoms with Gasteiger partial charge in [-0.25, -0.2) is 4.98 Å². The topological polar surface area (TPSA) is 33.5 Å². The largest absolute Gasteiger partial charge is 0.509 e. The van der Waals surface area contributed by atoms with Gasteiger partial charge < -0.3 is 19.1 Å². The molecule has 5 nitrogen and oxygen atoms in total. The molecular weight excluding hydrogens is 1070 g/mol. The number of anilines is 4. The Labute approximate surface area is 456 Å². The Morgan fingerprint density at radius 2 is 1.18 bits per heavy atom. The van der Waals surface area contributed by atoms with Gasteiger partial charge in [-0.15, -0.1) is 48.1 Å². The minimum atomic E-state index is -2.45. The number of aromatic nitrogens is 2. The van der Waals surface area contributed by atoms with Crippen LogP contribution >= 0.6 is 0 Å².